The molecule has 2 nitrogen and oxygen atoms in total. The Morgan fingerprint density at radius 3 is 1.30 bits per heavy atom. The van der Waals surface area contributed by atoms with E-state index in [1.807, 2.05) is 0 Å². The number of hydrogen-bond donors (Lipinski definition) is 0. The van der Waals surface area contributed by atoms with Crippen molar-refractivity contribution in [1.29, 1.82) is 0 Å². The summed E-state index contributed by atoms with van der Waals surface area (Å²) in [6.07, 6.45) is 0. The van der Waals surface area contributed by atoms with Gasteiger partial charge in [-0.15, -0.1) is 0 Å². The Bertz CT molecular complexity index is 702. The van der Waals surface area contributed by atoms with Crippen molar-refractivity contribution in [3.63, 3.8) is 0 Å². The zero-order chi connectivity index (χ0) is 17.3. The molecule has 0 heterocycles. The summed E-state index contributed by atoms with van der Waals surface area (Å²) in [7, 11) is 2.28. The number of rotatable bonds is 4. The fourth-order valence-electron chi connectivity index (χ4n) is 1.89. The summed E-state index contributed by atoms with van der Waals surface area (Å²) >= 11 is 0. The lowest BCUT2D eigenvalue weighted by Gasteiger charge is -2.12. The molecule has 0 atom stereocenters. The van der Waals surface area contributed by atoms with Crippen LogP contribution in [0.15, 0.2) is 12.1 Å². The van der Waals surface area contributed by atoms with Gasteiger partial charge in [0.1, 0.15) is 0 Å². The van der Waals surface area contributed by atoms with Gasteiger partial charge in [-0.2, -0.15) is 0 Å². The number of ether oxygens (including phenoxy) is 2. The normalized spacial score (nSPS) is 10.6. The SMILES string of the molecule is COc1cc(F)c(F)c([B]c2c(F)c(F)cc(OC)c2F)c1F. The van der Waals surface area contributed by atoms with Gasteiger partial charge in [-0.3, -0.25) is 0 Å². The summed E-state index contributed by atoms with van der Waals surface area (Å²) in [6, 6.07) is 0.863. The lowest BCUT2D eigenvalue weighted by molar-refractivity contribution is 0.378. The van der Waals surface area contributed by atoms with Crippen LogP contribution in [0, 0.1) is 34.9 Å². The molecule has 0 spiro atoms. The molecule has 2 rings (SSSR count). The van der Waals surface area contributed by atoms with Crippen LogP contribution >= 0.6 is 0 Å². The maximum atomic E-state index is 14.0. The van der Waals surface area contributed by atoms with Crippen molar-refractivity contribution in [2.24, 2.45) is 0 Å². The standard InChI is InChI=1S/C14H8BF6O2/c1-22-7-3-5(16)11(18)9(13(7)20)15-10-12(19)6(17)4-8(23-2)14(10)21/h3-4H,1-2H3. The van der Waals surface area contributed by atoms with Gasteiger partial charge >= 0.3 is 0 Å². The van der Waals surface area contributed by atoms with Crippen molar-refractivity contribution in [2.75, 3.05) is 14.2 Å². The highest BCUT2D eigenvalue weighted by Gasteiger charge is 2.26. The van der Waals surface area contributed by atoms with Crippen LogP contribution in [-0.4, -0.2) is 21.5 Å². The van der Waals surface area contributed by atoms with Crippen molar-refractivity contribution in [2.45, 2.75) is 0 Å². The molecule has 0 aliphatic heterocycles. The molecule has 0 bridgehead atoms. The van der Waals surface area contributed by atoms with Crippen molar-refractivity contribution < 1.29 is 35.8 Å². The summed E-state index contributed by atoms with van der Waals surface area (Å²) in [6.45, 7) is 0. The van der Waals surface area contributed by atoms with E-state index in [4.69, 9.17) is 0 Å². The minimum absolute atomic E-state index is 0.298. The Morgan fingerprint density at radius 2 is 1.00 bits per heavy atom. The molecule has 1 radical (unpaired) electrons. The predicted molar refractivity (Wildman–Crippen MR) is 70.8 cm³/mol. The van der Waals surface area contributed by atoms with E-state index in [1.54, 1.807) is 0 Å². The Hall–Kier alpha value is -2.32. The first kappa shape index (κ1) is 17.0. The lowest BCUT2D eigenvalue weighted by Crippen LogP contribution is -2.38. The van der Waals surface area contributed by atoms with E-state index in [1.165, 1.54) is 0 Å². The average molecular weight is 333 g/mol. The summed E-state index contributed by atoms with van der Waals surface area (Å²) in [4.78, 5) is 0. The highest BCUT2D eigenvalue weighted by molar-refractivity contribution is 6.67. The molecule has 0 aromatic heterocycles. The topological polar surface area (TPSA) is 18.5 Å². The molecule has 0 unspecified atom stereocenters. The maximum absolute atomic E-state index is 14.0. The monoisotopic (exact) mass is 333 g/mol. The van der Waals surface area contributed by atoms with E-state index in [0.29, 0.717) is 19.4 Å². The number of methoxy groups -OCH3 is 2. The van der Waals surface area contributed by atoms with Gasteiger partial charge in [-0.25, -0.2) is 26.3 Å². The van der Waals surface area contributed by atoms with E-state index in [9.17, 15) is 26.3 Å². The zero-order valence-electron chi connectivity index (χ0n) is 11.8. The summed E-state index contributed by atoms with van der Waals surface area (Å²) in [5.74, 6) is -10.6. The largest absolute Gasteiger partial charge is 0.494 e. The van der Waals surface area contributed by atoms with Crippen LogP contribution in [0.25, 0.3) is 0 Å². The molecule has 9 heteroatoms. The third-order valence-corrected chi connectivity index (χ3v) is 3.04. The zero-order valence-corrected chi connectivity index (χ0v) is 11.8. The molecule has 0 saturated heterocycles. The second kappa shape index (κ2) is 6.43. The molecule has 121 valence electrons. The Labute approximate surface area is 127 Å². The predicted octanol–water partition coefficient (Wildman–Crippen LogP) is 2.19. The van der Waals surface area contributed by atoms with Crippen LogP contribution in [-0.2, 0) is 0 Å². The molecule has 2 aromatic carbocycles. The minimum Gasteiger partial charge on any atom is -0.494 e. The van der Waals surface area contributed by atoms with Gasteiger partial charge in [0.25, 0.3) is 0 Å². The van der Waals surface area contributed by atoms with Gasteiger partial charge in [0.05, 0.1) is 14.2 Å². The fraction of sp³-hybridized carbons (Fsp3) is 0.143. The highest BCUT2D eigenvalue weighted by Crippen LogP contribution is 2.21. The molecule has 0 N–H and O–H groups in total. The second-order valence-electron chi connectivity index (χ2n) is 4.35. The molecule has 0 saturated carbocycles. The summed E-state index contributed by atoms with van der Waals surface area (Å²) < 4.78 is 91.3. The number of hydrogen-bond acceptors (Lipinski definition) is 2. The molecule has 2 aromatic rings. The smallest absolute Gasteiger partial charge is 0.207 e. The van der Waals surface area contributed by atoms with Crippen LogP contribution in [0.5, 0.6) is 11.5 Å². The van der Waals surface area contributed by atoms with Gasteiger partial charge in [0.2, 0.25) is 7.28 Å². The molecule has 0 aliphatic carbocycles. The maximum Gasteiger partial charge on any atom is 0.207 e. The van der Waals surface area contributed by atoms with Gasteiger partial charge in [-0.1, -0.05) is 0 Å². The first-order valence-corrected chi connectivity index (χ1v) is 6.09. The van der Waals surface area contributed by atoms with Gasteiger partial charge in [0.15, 0.2) is 46.4 Å². The third-order valence-electron chi connectivity index (χ3n) is 3.04. The van der Waals surface area contributed by atoms with Crippen molar-refractivity contribution in [1.82, 2.24) is 0 Å². The molecular weight excluding hydrogens is 325 g/mol. The van der Waals surface area contributed by atoms with Crippen LogP contribution in [0.3, 0.4) is 0 Å². The van der Waals surface area contributed by atoms with E-state index in [-0.39, 0.29) is 0 Å². The van der Waals surface area contributed by atoms with Crippen LogP contribution in [0.2, 0.25) is 0 Å². The van der Waals surface area contributed by atoms with E-state index in [0.717, 1.165) is 14.2 Å². The van der Waals surface area contributed by atoms with E-state index >= 15 is 0 Å². The molecule has 23 heavy (non-hydrogen) atoms. The van der Waals surface area contributed by atoms with Gasteiger partial charge in [-0.05, 0) is 10.9 Å². The number of benzene rings is 2. The van der Waals surface area contributed by atoms with E-state index < -0.39 is 57.3 Å². The minimum atomic E-state index is -1.70. The van der Waals surface area contributed by atoms with Crippen LogP contribution in [0.4, 0.5) is 26.3 Å². The Balaban J connectivity index is 2.65. The molecular formula is C14H8BF6O2. The Morgan fingerprint density at radius 1 is 0.652 bits per heavy atom. The van der Waals surface area contributed by atoms with Gasteiger partial charge < -0.3 is 9.47 Å². The first-order valence-electron chi connectivity index (χ1n) is 6.09. The third kappa shape index (κ3) is 2.95. The summed E-state index contributed by atoms with van der Waals surface area (Å²) in [5, 5.41) is 0. The van der Waals surface area contributed by atoms with Crippen LogP contribution in [0.1, 0.15) is 0 Å². The van der Waals surface area contributed by atoms with Crippen molar-refractivity contribution in [3.05, 3.63) is 47.0 Å². The number of halogens is 6. The fourth-order valence-corrected chi connectivity index (χ4v) is 1.89. The molecule has 0 amide bonds. The van der Waals surface area contributed by atoms with E-state index in [2.05, 4.69) is 9.47 Å². The average Bonchev–Trinajstić information content (AvgIpc) is 2.53. The van der Waals surface area contributed by atoms with Gasteiger partial charge in [0, 0.05) is 12.1 Å². The summed E-state index contributed by atoms with van der Waals surface area (Å²) in [5.41, 5.74) is -2.24. The van der Waals surface area contributed by atoms with Crippen LogP contribution < -0.4 is 20.4 Å². The quantitative estimate of drug-likeness (QED) is 0.485. The van der Waals surface area contributed by atoms with Crippen molar-refractivity contribution in [3.8, 4) is 11.5 Å². The lowest BCUT2D eigenvalue weighted by atomic mass is 9.62. The highest BCUT2D eigenvalue weighted by atomic mass is 19.2. The molecule has 0 aliphatic rings. The molecule has 0 fully saturated rings. The first-order chi connectivity index (χ1) is 10.8. The Kier molecular flexibility index (Phi) is 4.77. The van der Waals surface area contributed by atoms with Crippen molar-refractivity contribution >= 4 is 18.2 Å². The second-order valence-corrected chi connectivity index (χ2v) is 4.35.